The number of carbonyl (C=O) groups is 1. The Morgan fingerprint density at radius 1 is 1.20 bits per heavy atom. The van der Waals surface area contributed by atoms with E-state index in [0.717, 1.165) is 35.4 Å². The van der Waals surface area contributed by atoms with E-state index in [4.69, 9.17) is 16.3 Å². The molecule has 1 fully saturated rings. The van der Waals surface area contributed by atoms with Crippen LogP contribution in [0.5, 0.6) is 0 Å². The predicted octanol–water partition coefficient (Wildman–Crippen LogP) is 4.14. The van der Waals surface area contributed by atoms with Gasteiger partial charge >= 0.3 is 0 Å². The van der Waals surface area contributed by atoms with Gasteiger partial charge in [-0.2, -0.15) is 0 Å². The summed E-state index contributed by atoms with van der Waals surface area (Å²) in [5, 5.41) is 4.48. The van der Waals surface area contributed by atoms with E-state index >= 15 is 0 Å². The van der Waals surface area contributed by atoms with Gasteiger partial charge in [-0.1, -0.05) is 23.7 Å². The lowest BCUT2D eigenvalue weighted by Gasteiger charge is -2.36. The molecule has 6 nitrogen and oxygen atoms in total. The molecule has 156 valence electrons. The molecular weight excluding hydrogens is 400 g/mol. The van der Waals surface area contributed by atoms with Gasteiger partial charge in [-0.15, -0.1) is 0 Å². The van der Waals surface area contributed by atoms with Crippen LogP contribution in [0.1, 0.15) is 35.5 Å². The first-order chi connectivity index (χ1) is 14.4. The first-order valence-corrected chi connectivity index (χ1v) is 10.5. The minimum absolute atomic E-state index is 0.156. The molecule has 3 heterocycles. The average molecular weight is 425 g/mol. The zero-order valence-electron chi connectivity index (χ0n) is 17.4. The van der Waals surface area contributed by atoms with Gasteiger partial charge in [0.1, 0.15) is 5.82 Å². The number of pyridine rings is 2. The van der Waals surface area contributed by atoms with Crippen LogP contribution in [0.3, 0.4) is 0 Å². The van der Waals surface area contributed by atoms with Gasteiger partial charge in [0, 0.05) is 36.2 Å². The number of anilines is 1. The van der Waals surface area contributed by atoms with Crippen LogP contribution in [0, 0.1) is 6.92 Å². The Kier molecular flexibility index (Phi) is 5.88. The zero-order chi connectivity index (χ0) is 21.3. The second-order valence-corrected chi connectivity index (χ2v) is 8.26. The third-order valence-corrected chi connectivity index (χ3v) is 5.46. The fourth-order valence-electron chi connectivity index (χ4n) is 3.82. The number of rotatable bonds is 4. The van der Waals surface area contributed by atoms with Crippen LogP contribution >= 0.6 is 11.6 Å². The molecule has 1 aliphatic rings. The van der Waals surface area contributed by atoms with E-state index in [1.54, 1.807) is 12.1 Å². The van der Waals surface area contributed by atoms with Crippen molar-refractivity contribution in [3.05, 3.63) is 64.4 Å². The number of halogens is 1. The standard InChI is InChI=1S/C23H25ClN4O2/c1-14-12-28(13-15(2)30-14)22-7-4-17(10-25-22)11-26-23(29)20-8-18-5-6-19(24)9-21(18)27-16(20)3/h4-10,14-15H,11-13H2,1-3H3,(H,26,29). The third-order valence-electron chi connectivity index (χ3n) is 5.22. The first-order valence-electron chi connectivity index (χ1n) is 10.1. The lowest BCUT2D eigenvalue weighted by molar-refractivity contribution is -0.00546. The summed E-state index contributed by atoms with van der Waals surface area (Å²) in [6, 6.07) is 11.3. The predicted molar refractivity (Wildman–Crippen MR) is 119 cm³/mol. The summed E-state index contributed by atoms with van der Waals surface area (Å²) >= 11 is 6.03. The third kappa shape index (κ3) is 4.55. The second kappa shape index (κ2) is 8.58. The number of benzene rings is 1. The van der Waals surface area contributed by atoms with Gasteiger partial charge in [0.2, 0.25) is 0 Å². The van der Waals surface area contributed by atoms with Crippen molar-refractivity contribution in [1.29, 1.82) is 0 Å². The molecule has 3 aromatic rings. The minimum atomic E-state index is -0.156. The number of hydrogen-bond donors (Lipinski definition) is 1. The van der Waals surface area contributed by atoms with Crippen LogP contribution in [0.15, 0.2) is 42.6 Å². The van der Waals surface area contributed by atoms with Gasteiger partial charge in [-0.25, -0.2) is 4.98 Å². The summed E-state index contributed by atoms with van der Waals surface area (Å²) in [4.78, 5) is 24.0. The fourth-order valence-corrected chi connectivity index (χ4v) is 3.98. The van der Waals surface area contributed by atoms with E-state index in [-0.39, 0.29) is 18.1 Å². The molecule has 2 aromatic heterocycles. The maximum absolute atomic E-state index is 12.7. The summed E-state index contributed by atoms with van der Waals surface area (Å²) in [7, 11) is 0. The molecule has 1 amide bonds. The van der Waals surface area contributed by atoms with Gasteiger partial charge in [0.15, 0.2) is 0 Å². The van der Waals surface area contributed by atoms with Crippen molar-refractivity contribution >= 4 is 34.2 Å². The van der Waals surface area contributed by atoms with Crippen molar-refractivity contribution in [2.75, 3.05) is 18.0 Å². The summed E-state index contributed by atoms with van der Waals surface area (Å²) in [5.41, 5.74) is 2.96. The van der Waals surface area contributed by atoms with Crippen LogP contribution in [0.25, 0.3) is 10.9 Å². The molecule has 0 aliphatic carbocycles. The zero-order valence-corrected chi connectivity index (χ0v) is 18.1. The Morgan fingerprint density at radius 3 is 2.67 bits per heavy atom. The van der Waals surface area contributed by atoms with Gasteiger partial charge < -0.3 is 15.0 Å². The topological polar surface area (TPSA) is 67.4 Å². The first kappa shape index (κ1) is 20.6. The van der Waals surface area contributed by atoms with E-state index in [9.17, 15) is 4.79 Å². The van der Waals surface area contributed by atoms with Crippen LogP contribution in [-0.2, 0) is 11.3 Å². The van der Waals surface area contributed by atoms with Gasteiger partial charge in [0.25, 0.3) is 5.91 Å². The highest BCUT2D eigenvalue weighted by molar-refractivity contribution is 6.31. The van der Waals surface area contributed by atoms with Gasteiger partial charge in [-0.05, 0) is 50.6 Å². The molecule has 1 aromatic carbocycles. The van der Waals surface area contributed by atoms with E-state index < -0.39 is 0 Å². The summed E-state index contributed by atoms with van der Waals surface area (Å²) in [6.07, 6.45) is 2.18. The molecule has 7 heteroatoms. The molecule has 1 aliphatic heterocycles. The molecule has 1 saturated heterocycles. The number of carbonyl (C=O) groups excluding carboxylic acids is 1. The van der Waals surface area contributed by atoms with Crippen LogP contribution < -0.4 is 10.2 Å². The van der Waals surface area contributed by atoms with E-state index in [1.807, 2.05) is 37.4 Å². The van der Waals surface area contributed by atoms with Crippen molar-refractivity contribution < 1.29 is 9.53 Å². The molecule has 4 rings (SSSR count). The second-order valence-electron chi connectivity index (χ2n) is 7.83. The summed E-state index contributed by atoms with van der Waals surface area (Å²) < 4.78 is 5.78. The largest absolute Gasteiger partial charge is 0.372 e. The van der Waals surface area contributed by atoms with Gasteiger partial charge in [-0.3, -0.25) is 9.78 Å². The average Bonchev–Trinajstić information content (AvgIpc) is 2.71. The number of morpholine rings is 1. The molecule has 0 bridgehead atoms. The van der Waals surface area contributed by atoms with Crippen molar-refractivity contribution in [2.24, 2.45) is 0 Å². The van der Waals surface area contributed by atoms with Crippen LogP contribution in [-0.4, -0.2) is 41.2 Å². The fraction of sp³-hybridized carbons (Fsp3) is 0.348. The number of fused-ring (bicyclic) bond motifs is 1. The van der Waals surface area contributed by atoms with E-state index in [0.29, 0.717) is 22.8 Å². The normalized spacial score (nSPS) is 19.1. The quantitative estimate of drug-likeness (QED) is 0.681. The maximum atomic E-state index is 12.7. The monoisotopic (exact) mass is 424 g/mol. The summed E-state index contributed by atoms with van der Waals surface area (Å²) in [5.74, 6) is 0.775. The van der Waals surface area contributed by atoms with E-state index in [1.165, 1.54) is 0 Å². The molecule has 1 N–H and O–H groups in total. The maximum Gasteiger partial charge on any atom is 0.253 e. The molecule has 0 saturated carbocycles. The Bertz CT molecular complexity index is 1060. The molecular formula is C23H25ClN4O2. The number of aryl methyl sites for hydroxylation is 1. The van der Waals surface area contributed by atoms with Crippen molar-refractivity contribution in [1.82, 2.24) is 15.3 Å². The molecule has 0 spiro atoms. The Morgan fingerprint density at radius 2 is 1.97 bits per heavy atom. The molecule has 2 unspecified atom stereocenters. The Labute approximate surface area is 181 Å². The number of nitrogens with zero attached hydrogens (tertiary/aromatic N) is 3. The summed E-state index contributed by atoms with van der Waals surface area (Å²) in [6.45, 7) is 8.03. The number of aromatic nitrogens is 2. The number of hydrogen-bond acceptors (Lipinski definition) is 5. The van der Waals surface area contributed by atoms with Crippen molar-refractivity contribution in [3.63, 3.8) is 0 Å². The number of ether oxygens (including phenoxy) is 1. The van der Waals surface area contributed by atoms with Gasteiger partial charge in [0.05, 0.1) is 29.0 Å². The smallest absolute Gasteiger partial charge is 0.253 e. The highest BCUT2D eigenvalue weighted by Gasteiger charge is 2.23. The highest BCUT2D eigenvalue weighted by atomic mass is 35.5. The van der Waals surface area contributed by atoms with Crippen molar-refractivity contribution in [2.45, 2.75) is 39.5 Å². The Balaban J connectivity index is 1.42. The SMILES string of the molecule is Cc1nc2cc(Cl)ccc2cc1C(=O)NCc1ccc(N2CC(C)OC(C)C2)nc1. The lowest BCUT2D eigenvalue weighted by Crippen LogP contribution is -2.45. The number of amides is 1. The lowest BCUT2D eigenvalue weighted by atomic mass is 10.1. The van der Waals surface area contributed by atoms with Crippen molar-refractivity contribution in [3.8, 4) is 0 Å². The molecule has 30 heavy (non-hydrogen) atoms. The van der Waals surface area contributed by atoms with E-state index in [2.05, 4.69) is 34.0 Å². The molecule has 2 atom stereocenters. The highest BCUT2D eigenvalue weighted by Crippen LogP contribution is 2.21. The number of nitrogens with one attached hydrogen (secondary N) is 1. The van der Waals surface area contributed by atoms with Crippen LogP contribution in [0.2, 0.25) is 5.02 Å². The van der Waals surface area contributed by atoms with Crippen LogP contribution in [0.4, 0.5) is 5.82 Å². The molecule has 0 radical (unpaired) electrons. The minimum Gasteiger partial charge on any atom is -0.372 e. The Hall–Kier alpha value is -2.70.